The van der Waals surface area contributed by atoms with E-state index in [0.29, 0.717) is 34.7 Å². The highest BCUT2D eigenvalue weighted by atomic mass is 35.5. The third kappa shape index (κ3) is 9.67. The van der Waals surface area contributed by atoms with Gasteiger partial charge >= 0.3 is 11.9 Å². The van der Waals surface area contributed by atoms with Crippen molar-refractivity contribution in [1.82, 2.24) is 9.97 Å². The van der Waals surface area contributed by atoms with E-state index in [2.05, 4.69) is 9.97 Å². The molecule has 0 unspecified atom stereocenters. The monoisotopic (exact) mass is 436 g/mol. The van der Waals surface area contributed by atoms with Crippen LogP contribution in [0, 0.1) is 5.92 Å². The van der Waals surface area contributed by atoms with Crippen LogP contribution in [0.3, 0.4) is 0 Å². The van der Waals surface area contributed by atoms with E-state index in [9.17, 15) is 9.59 Å². The molecule has 0 amide bonds. The zero-order valence-electron chi connectivity index (χ0n) is 16.5. The van der Waals surface area contributed by atoms with Crippen LogP contribution in [-0.4, -0.2) is 51.9 Å². The fourth-order valence-electron chi connectivity index (χ4n) is 2.83. The van der Waals surface area contributed by atoms with E-state index in [-0.39, 0.29) is 12.8 Å². The smallest absolute Gasteiger partial charge is 0.307 e. The summed E-state index contributed by atoms with van der Waals surface area (Å²) in [6.45, 7) is 2.36. The minimum Gasteiger partial charge on any atom is -0.481 e. The quantitative estimate of drug-likeness (QED) is 0.605. The molecule has 0 atom stereocenters. The van der Waals surface area contributed by atoms with Crippen LogP contribution in [0.5, 0.6) is 5.88 Å². The number of ether oxygens (including phenoxy) is 2. The third-order valence-electron chi connectivity index (χ3n) is 4.41. The van der Waals surface area contributed by atoms with E-state index in [4.69, 9.17) is 31.3 Å². The molecule has 3 rings (SSSR count). The van der Waals surface area contributed by atoms with Crippen molar-refractivity contribution >= 4 is 23.5 Å². The number of carboxylic acid groups (broad SMARTS) is 2. The van der Waals surface area contributed by atoms with Gasteiger partial charge in [-0.25, -0.2) is 9.97 Å². The molecule has 3 heterocycles. The molecule has 0 aromatic carbocycles. The van der Waals surface area contributed by atoms with Gasteiger partial charge in [0, 0.05) is 31.7 Å². The van der Waals surface area contributed by atoms with E-state index in [1.807, 2.05) is 0 Å². The molecule has 2 aromatic heterocycles. The SMILES string of the molecule is O=C(O)Cc1ccc(Cl)nc1.O=C(O)Cc1ccc(OCCC2CCOCC2)nc1. The molecule has 162 valence electrons. The average molecular weight is 437 g/mol. The van der Waals surface area contributed by atoms with Crippen molar-refractivity contribution < 1.29 is 29.3 Å². The lowest BCUT2D eigenvalue weighted by atomic mass is 9.97. The first-order chi connectivity index (χ1) is 14.4. The number of hydrogen-bond donors (Lipinski definition) is 2. The Kier molecular flexibility index (Phi) is 10.0. The second-order valence-corrected chi connectivity index (χ2v) is 7.22. The van der Waals surface area contributed by atoms with Gasteiger partial charge in [0.1, 0.15) is 5.15 Å². The summed E-state index contributed by atoms with van der Waals surface area (Å²) in [6.07, 6.45) is 6.22. The number of carbonyl (C=O) groups is 2. The summed E-state index contributed by atoms with van der Waals surface area (Å²) >= 11 is 5.49. The van der Waals surface area contributed by atoms with Gasteiger partial charge in [0.15, 0.2) is 0 Å². The molecule has 1 aliphatic heterocycles. The maximum Gasteiger partial charge on any atom is 0.307 e. The molecule has 1 aliphatic rings. The number of aromatic nitrogens is 2. The molecule has 1 saturated heterocycles. The molecular formula is C21H25ClN2O6. The van der Waals surface area contributed by atoms with E-state index in [1.165, 1.54) is 6.20 Å². The Bertz CT molecular complexity index is 792. The normalized spacial score (nSPS) is 13.8. The number of nitrogens with zero attached hydrogens (tertiary/aromatic N) is 2. The molecule has 0 bridgehead atoms. The lowest BCUT2D eigenvalue weighted by molar-refractivity contribution is -0.137. The zero-order chi connectivity index (χ0) is 21.8. The van der Waals surface area contributed by atoms with Gasteiger partial charge in [-0.2, -0.15) is 0 Å². The Labute approximate surface area is 179 Å². The summed E-state index contributed by atoms with van der Waals surface area (Å²) < 4.78 is 10.9. The van der Waals surface area contributed by atoms with Gasteiger partial charge in [0.05, 0.1) is 19.4 Å². The molecule has 0 aliphatic carbocycles. The van der Waals surface area contributed by atoms with Gasteiger partial charge in [0.25, 0.3) is 0 Å². The fourth-order valence-corrected chi connectivity index (χ4v) is 2.94. The van der Waals surface area contributed by atoms with Crippen LogP contribution in [0.1, 0.15) is 30.4 Å². The van der Waals surface area contributed by atoms with Gasteiger partial charge < -0.3 is 19.7 Å². The minimum atomic E-state index is -0.867. The number of aliphatic carboxylic acids is 2. The van der Waals surface area contributed by atoms with Crippen LogP contribution in [0.2, 0.25) is 5.15 Å². The molecule has 0 saturated carbocycles. The number of hydrogen-bond acceptors (Lipinski definition) is 6. The summed E-state index contributed by atoms with van der Waals surface area (Å²) in [4.78, 5) is 28.6. The van der Waals surface area contributed by atoms with E-state index in [1.54, 1.807) is 30.5 Å². The minimum absolute atomic E-state index is 0.00461. The first-order valence-corrected chi connectivity index (χ1v) is 9.99. The van der Waals surface area contributed by atoms with Crippen molar-refractivity contribution in [2.45, 2.75) is 32.1 Å². The Morgan fingerprint density at radius 1 is 1.00 bits per heavy atom. The van der Waals surface area contributed by atoms with Gasteiger partial charge in [-0.15, -0.1) is 0 Å². The van der Waals surface area contributed by atoms with E-state index >= 15 is 0 Å². The molecule has 0 spiro atoms. The largest absolute Gasteiger partial charge is 0.481 e. The highest BCUT2D eigenvalue weighted by molar-refractivity contribution is 6.29. The van der Waals surface area contributed by atoms with Gasteiger partial charge in [0.2, 0.25) is 5.88 Å². The number of pyridine rings is 2. The molecule has 8 nitrogen and oxygen atoms in total. The van der Waals surface area contributed by atoms with Crippen molar-refractivity contribution in [2.75, 3.05) is 19.8 Å². The van der Waals surface area contributed by atoms with Gasteiger partial charge in [-0.05, 0) is 42.4 Å². The summed E-state index contributed by atoms with van der Waals surface area (Å²) in [5.41, 5.74) is 1.34. The molecule has 1 fully saturated rings. The second-order valence-electron chi connectivity index (χ2n) is 6.83. The lowest BCUT2D eigenvalue weighted by Crippen LogP contribution is -2.17. The Morgan fingerprint density at radius 3 is 2.10 bits per heavy atom. The maximum absolute atomic E-state index is 10.5. The maximum atomic E-state index is 10.5. The van der Waals surface area contributed by atoms with Crippen molar-refractivity contribution in [3.05, 3.63) is 52.9 Å². The molecule has 2 aromatic rings. The standard InChI is InChI=1S/C14H19NO4.C7H6ClNO2/c16-14(17)9-12-1-2-13(15-10-12)19-8-5-11-3-6-18-7-4-11;8-6-2-1-5(4-9-6)3-7(10)11/h1-2,10-11H,3-9H2,(H,16,17);1-2,4H,3H2,(H,10,11). The van der Waals surface area contributed by atoms with Crippen LogP contribution in [0.4, 0.5) is 0 Å². The Balaban J connectivity index is 0.000000248. The van der Waals surface area contributed by atoms with Gasteiger partial charge in [-0.1, -0.05) is 23.7 Å². The summed E-state index contributed by atoms with van der Waals surface area (Å²) in [7, 11) is 0. The van der Waals surface area contributed by atoms with Crippen LogP contribution >= 0.6 is 11.6 Å². The van der Waals surface area contributed by atoms with Crippen molar-refractivity contribution in [3.8, 4) is 5.88 Å². The molecule has 9 heteroatoms. The molecule has 30 heavy (non-hydrogen) atoms. The Hall–Kier alpha value is -2.71. The predicted octanol–water partition coefficient (Wildman–Crippen LogP) is 3.27. The first-order valence-electron chi connectivity index (χ1n) is 9.62. The van der Waals surface area contributed by atoms with Crippen LogP contribution in [-0.2, 0) is 27.2 Å². The average Bonchev–Trinajstić information content (AvgIpc) is 2.72. The highest BCUT2D eigenvalue weighted by Gasteiger charge is 2.13. The second kappa shape index (κ2) is 12.8. The van der Waals surface area contributed by atoms with Crippen LogP contribution in [0.15, 0.2) is 36.7 Å². The van der Waals surface area contributed by atoms with Crippen molar-refractivity contribution in [1.29, 1.82) is 0 Å². The lowest BCUT2D eigenvalue weighted by Gasteiger charge is -2.21. The van der Waals surface area contributed by atoms with Crippen LogP contribution < -0.4 is 4.74 Å². The van der Waals surface area contributed by atoms with E-state index < -0.39 is 11.9 Å². The molecular weight excluding hydrogens is 412 g/mol. The van der Waals surface area contributed by atoms with E-state index in [0.717, 1.165) is 32.5 Å². The number of carboxylic acids is 2. The Morgan fingerprint density at radius 2 is 1.60 bits per heavy atom. The summed E-state index contributed by atoms with van der Waals surface area (Å²) in [5, 5.41) is 17.4. The van der Waals surface area contributed by atoms with Gasteiger partial charge in [-0.3, -0.25) is 9.59 Å². The number of halogens is 1. The number of rotatable bonds is 8. The summed E-state index contributed by atoms with van der Waals surface area (Å²) in [6, 6.07) is 6.68. The van der Waals surface area contributed by atoms with Crippen LogP contribution in [0.25, 0.3) is 0 Å². The van der Waals surface area contributed by atoms with Crippen molar-refractivity contribution in [3.63, 3.8) is 0 Å². The van der Waals surface area contributed by atoms with Crippen molar-refractivity contribution in [2.24, 2.45) is 5.92 Å². The zero-order valence-corrected chi connectivity index (χ0v) is 17.3. The third-order valence-corrected chi connectivity index (χ3v) is 4.64. The summed E-state index contributed by atoms with van der Waals surface area (Å²) in [5.74, 6) is -0.481. The highest BCUT2D eigenvalue weighted by Crippen LogP contribution is 2.19. The fraction of sp³-hybridized carbons (Fsp3) is 0.429. The predicted molar refractivity (Wildman–Crippen MR) is 110 cm³/mol. The topological polar surface area (TPSA) is 119 Å². The molecule has 0 radical (unpaired) electrons. The molecule has 2 N–H and O–H groups in total. The first kappa shape index (κ1) is 23.6.